The van der Waals surface area contributed by atoms with E-state index in [-0.39, 0.29) is 6.04 Å². The topological polar surface area (TPSA) is 43.8 Å². The van der Waals surface area contributed by atoms with E-state index in [1.54, 1.807) is 0 Å². The summed E-state index contributed by atoms with van der Waals surface area (Å²) in [6.45, 7) is 2.95. The first-order valence-corrected chi connectivity index (χ1v) is 7.41. The lowest BCUT2D eigenvalue weighted by molar-refractivity contribution is 0.701. The average molecular weight is 283 g/mol. The normalized spacial score (nSPS) is 12.5. The highest BCUT2D eigenvalue weighted by Crippen LogP contribution is 2.22. The zero-order valence-corrected chi connectivity index (χ0v) is 12.2. The van der Waals surface area contributed by atoms with Crippen molar-refractivity contribution in [3.05, 3.63) is 76.0 Å². The van der Waals surface area contributed by atoms with Gasteiger partial charge in [0.1, 0.15) is 0 Å². The van der Waals surface area contributed by atoms with Crippen molar-refractivity contribution >= 4 is 11.3 Å². The summed E-state index contributed by atoms with van der Waals surface area (Å²) in [5.41, 5.74) is 8.51. The Balaban J connectivity index is 1.86. The monoisotopic (exact) mass is 283 g/mol. The van der Waals surface area contributed by atoms with Gasteiger partial charge in [-0.15, -0.1) is 11.3 Å². The quantitative estimate of drug-likeness (QED) is 0.798. The first-order valence-electron chi connectivity index (χ1n) is 6.60. The van der Waals surface area contributed by atoms with Crippen LogP contribution in [0.25, 0.3) is 0 Å². The maximum atomic E-state index is 6.36. The molecule has 1 atom stereocenters. The molecule has 20 heavy (non-hydrogen) atoms. The van der Waals surface area contributed by atoms with Crippen molar-refractivity contribution in [1.29, 1.82) is 0 Å². The number of hydrogen-bond donors (Lipinski definition) is 1. The third-order valence-corrected chi connectivity index (χ3v) is 4.33. The van der Waals surface area contributed by atoms with Crippen molar-refractivity contribution in [2.45, 2.75) is 19.5 Å². The van der Waals surface area contributed by atoms with Crippen molar-refractivity contribution in [3.63, 3.8) is 0 Å². The van der Waals surface area contributed by atoms with Gasteiger partial charge in [-0.3, -0.25) is 0 Å². The van der Waals surface area contributed by atoms with E-state index in [1.165, 1.54) is 9.75 Å². The minimum absolute atomic E-state index is 0.139. The Kier molecular flexibility index (Phi) is 3.67. The van der Waals surface area contributed by atoms with Gasteiger partial charge in [0.05, 0.1) is 30.8 Å². The van der Waals surface area contributed by atoms with E-state index in [2.05, 4.69) is 40.7 Å². The molecule has 3 rings (SSSR count). The molecule has 2 aromatic heterocycles. The highest BCUT2D eigenvalue weighted by molar-refractivity contribution is 7.11. The smallest absolute Gasteiger partial charge is 0.0952 e. The van der Waals surface area contributed by atoms with Gasteiger partial charge >= 0.3 is 0 Å². The number of nitrogens with two attached hydrogens (primary N) is 1. The summed E-state index contributed by atoms with van der Waals surface area (Å²) in [4.78, 5) is 6.91. The van der Waals surface area contributed by atoms with Gasteiger partial charge in [0.2, 0.25) is 0 Å². The van der Waals surface area contributed by atoms with Crippen LogP contribution in [0, 0.1) is 6.92 Å². The van der Waals surface area contributed by atoms with Crippen LogP contribution in [0.15, 0.2) is 55.0 Å². The van der Waals surface area contributed by atoms with E-state index in [4.69, 9.17) is 5.73 Å². The zero-order valence-electron chi connectivity index (χ0n) is 11.4. The Morgan fingerprint density at radius 2 is 2.00 bits per heavy atom. The summed E-state index contributed by atoms with van der Waals surface area (Å²) < 4.78 is 2.13. The molecule has 0 fully saturated rings. The number of thiophene rings is 1. The number of rotatable bonds is 4. The third kappa shape index (κ3) is 2.66. The molecule has 0 saturated heterocycles. The molecule has 102 valence electrons. The molecule has 1 unspecified atom stereocenters. The number of benzene rings is 1. The molecule has 3 nitrogen and oxygen atoms in total. The predicted molar refractivity (Wildman–Crippen MR) is 82.9 cm³/mol. The first-order chi connectivity index (χ1) is 9.74. The Hall–Kier alpha value is -1.91. The van der Waals surface area contributed by atoms with Crippen LogP contribution in [0.4, 0.5) is 0 Å². The Bertz CT molecular complexity index is 685. The summed E-state index contributed by atoms with van der Waals surface area (Å²) in [5, 5.41) is 0. The van der Waals surface area contributed by atoms with Gasteiger partial charge in [0, 0.05) is 9.75 Å². The molecule has 3 aromatic rings. The third-order valence-electron chi connectivity index (χ3n) is 3.34. The summed E-state index contributed by atoms with van der Waals surface area (Å²) in [6, 6.07) is 14.3. The second-order valence-corrected chi connectivity index (χ2v) is 6.22. The minimum atomic E-state index is -0.139. The Morgan fingerprint density at radius 3 is 2.70 bits per heavy atom. The Labute approximate surface area is 122 Å². The van der Waals surface area contributed by atoms with E-state index >= 15 is 0 Å². The van der Waals surface area contributed by atoms with Crippen molar-refractivity contribution < 1.29 is 0 Å². The lowest BCUT2D eigenvalue weighted by Crippen LogP contribution is -2.16. The highest BCUT2D eigenvalue weighted by Gasteiger charge is 2.14. The number of nitrogens with zero attached hydrogens (tertiary/aromatic N) is 2. The standard InChI is InChI=1S/C16H17N3S/c1-12-7-8-14(20-12)10-19-11-18-9-15(19)16(17)13-5-3-2-4-6-13/h2-9,11,16H,10,17H2,1H3. The molecule has 0 aliphatic carbocycles. The lowest BCUT2D eigenvalue weighted by atomic mass is 10.1. The van der Waals surface area contributed by atoms with E-state index in [1.807, 2.05) is 42.1 Å². The lowest BCUT2D eigenvalue weighted by Gasteiger charge is -2.14. The highest BCUT2D eigenvalue weighted by atomic mass is 32.1. The van der Waals surface area contributed by atoms with Crippen LogP contribution in [0.2, 0.25) is 0 Å². The summed E-state index contributed by atoms with van der Waals surface area (Å²) in [7, 11) is 0. The van der Waals surface area contributed by atoms with Crippen molar-refractivity contribution in [2.75, 3.05) is 0 Å². The summed E-state index contributed by atoms with van der Waals surface area (Å²) in [5.74, 6) is 0. The van der Waals surface area contributed by atoms with Crippen LogP contribution in [-0.2, 0) is 6.54 Å². The molecule has 0 aliphatic heterocycles. The molecule has 0 bridgehead atoms. The maximum Gasteiger partial charge on any atom is 0.0952 e. The Morgan fingerprint density at radius 1 is 1.20 bits per heavy atom. The molecule has 0 radical (unpaired) electrons. The number of aromatic nitrogens is 2. The molecule has 1 aromatic carbocycles. The van der Waals surface area contributed by atoms with Crippen molar-refractivity contribution in [2.24, 2.45) is 5.73 Å². The molecule has 0 aliphatic rings. The van der Waals surface area contributed by atoms with Gasteiger partial charge in [-0.1, -0.05) is 30.3 Å². The summed E-state index contributed by atoms with van der Waals surface area (Å²) >= 11 is 1.81. The SMILES string of the molecule is Cc1ccc(Cn2cncc2C(N)c2ccccc2)s1. The van der Waals surface area contributed by atoms with Gasteiger partial charge < -0.3 is 10.3 Å². The van der Waals surface area contributed by atoms with E-state index < -0.39 is 0 Å². The zero-order chi connectivity index (χ0) is 13.9. The van der Waals surface area contributed by atoms with Crippen LogP contribution >= 0.6 is 11.3 Å². The van der Waals surface area contributed by atoms with E-state index in [0.717, 1.165) is 17.8 Å². The van der Waals surface area contributed by atoms with Crippen LogP contribution in [0.3, 0.4) is 0 Å². The van der Waals surface area contributed by atoms with Crippen LogP contribution in [0.5, 0.6) is 0 Å². The minimum Gasteiger partial charge on any atom is -0.328 e. The fraction of sp³-hybridized carbons (Fsp3) is 0.188. The van der Waals surface area contributed by atoms with Gasteiger partial charge in [0.25, 0.3) is 0 Å². The van der Waals surface area contributed by atoms with Crippen LogP contribution in [-0.4, -0.2) is 9.55 Å². The molecule has 2 N–H and O–H groups in total. The fourth-order valence-electron chi connectivity index (χ4n) is 2.29. The fourth-order valence-corrected chi connectivity index (χ4v) is 3.18. The van der Waals surface area contributed by atoms with E-state index in [0.29, 0.717) is 0 Å². The van der Waals surface area contributed by atoms with Gasteiger partial charge in [-0.2, -0.15) is 0 Å². The molecule has 2 heterocycles. The number of hydrogen-bond acceptors (Lipinski definition) is 3. The van der Waals surface area contributed by atoms with Gasteiger partial charge in [-0.25, -0.2) is 4.98 Å². The molecular weight excluding hydrogens is 266 g/mol. The molecule has 0 amide bonds. The first kappa shape index (κ1) is 13.1. The largest absolute Gasteiger partial charge is 0.328 e. The van der Waals surface area contributed by atoms with Crippen molar-refractivity contribution in [3.8, 4) is 0 Å². The van der Waals surface area contributed by atoms with E-state index in [9.17, 15) is 0 Å². The summed E-state index contributed by atoms with van der Waals surface area (Å²) in [6.07, 6.45) is 3.71. The molecular formula is C16H17N3S. The molecule has 0 spiro atoms. The number of aryl methyl sites for hydroxylation is 1. The maximum absolute atomic E-state index is 6.36. The van der Waals surface area contributed by atoms with Gasteiger partial charge in [-0.05, 0) is 24.6 Å². The van der Waals surface area contributed by atoms with Crippen LogP contribution < -0.4 is 5.73 Å². The average Bonchev–Trinajstić information content (AvgIpc) is 3.09. The van der Waals surface area contributed by atoms with Crippen molar-refractivity contribution in [1.82, 2.24) is 9.55 Å². The second-order valence-electron chi connectivity index (χ2n) is 4.85. The molecule has 0 saturated carbocycles. The van der Waals surface area contributed by atoms with Crippen LogP contribution in [0.1, 0.15) is 27.1 Å². The predicted octanol–water partition coefficient (Wildman–Crippen LogP) is 3.35. The van der Waals surface area contributed by atoms with Gasteiger partial charge in [0.15, 0.2) is 0 Å². The number of imidazole rings is 1. The second kappa shape index (κ2) is 5.61. The molecule has 4 heteroatoms.